The number of allylic oxidation sites excluding steroid dienone is 1. The molecule has 0 aromatic heterocycles. The van der Waals surface area contributed by atoms with Crippen LogP contribution in [0.3, 0.4) is 0 Å². The van der Waals surface area contributed by atoms with Crippen LogP contribution in [0.5, 0.6) is 0 Å². The van der Waals surface area contributed by atoms with Gasteiger partial charge in [-0.3, -0.25) is 14.4 Å². The number of benzene rings is 2. The number of rotatable bonds is 6. The van der Waals surface area contributed by atoms with Gasteiger partial charge in [0.25, 0.3) is 5.91 Å². The summed E-state index contributed by atoms with van der Waals surface area (Å²) in [4.78, 5) is 38.5. The Kier molecular flexibility index (Phi) is 6.77. The number of ketones is 1. The minimum atomic E-state index is -5.48. The predicted octanol–water partition coefficient (Wildman–Crippen LogP) is 3.91. The van der Waals surface area contributed by atoms with Crippen LogP contribution in [0.25, 0.3) is 0 Å². The van der Waals surface area contributed by atoms with Crippen LogP contribution in [-0.4, -0.2) is 42.6 Å². The van der Waals surface area contributed by atoms with Crippen molar-refractivity contribution in [3.63, 3.8) is 0 Å². The second-order valence-corrected chi connectivity index (χ2v) is 11.9. The molecule has 1 unspecified atom stereocenters. The molecule has 1 aliphatic heterocycles. The SMILES string of the molecule is CC(=O)Nc1ccc(S(=O)(=O)NC2(C(F)(F)F)C(=O)N(Cc3ccccc3)C3=C2C(=O)CC(C)(C)C3)cc1. The molecule has 2 aromatic rings. The van der Waals surface area contributed by atoms with Crippen molar-refractivity contribution >= 4 is 33.3 Å². The lowest BCUT2D eigenvalue weighted by molar-refractivity contribution is -0.189. The van der Waals surface area contributed by atoms with E-state index in [1.807, 2.05) is 0 Å². The van der Waals surface area contributed by atoms with E-state index < -0.39 is 55.2 Å². The fourth-order valence-corrected chi connectivity index (χ4v) is 6.23. The molecule has 2 N–H and O–H groups in total. The number of carbonyl (C=O) groups excluding carboxylic acids is 3. The quantitative estimate of drug-likeness (QED) is 0.568. The number of hydrogen-bond acceptors (Lipinski definition) is 5. The fraction of sp³-hybridized carbons (Fsp3) is 0.346. The number of amides is 2. The molecule has 2 amide bonds. The van der Waals surface area contributed by atoms with E-state index in [4.69, 9.17) is 0 Å². The lowest BCUT2D eigenvalue weighted by atomic mass is 9.72. The van der Waals surface area contributed by atoms with E-state index in [2.05, 4.69) is 5.32 Å². The number of nitrogens with zero attached hydrogens (tertiary/aromatic N) is 1. The van der Waals surface area contributed by atoms with Crippen molar-refractivity contribution in [2.75, 3.05) is 5.32 Å². The van der Waals surface area contributed by atoms with Crippen LogP contribution in [0.15, 0.2) is 70.8 Å². The largest absolute Gasteiger partial charge is 0.421 e. The molecule has 38 heavy (non-hydrogen) atoms. The highest BCUT2D eigenvalue weighted by Gasteiger charge is 2.72. The average molecular weight is 550 g/mol. The minimum Gasteiger partial charge on any atom is -0.326 e. The van der Waals surface area contributed by atoms with E-state index in [1.165, 1.54) is 19.1 Å². The molecule has 4 rings (SSSR count). The summed E-state index contributed by atoms with van der Waals surface area (Å²) in [5, 5.41) is 2.43. The second-order valence-electron chi connectivity index (χ2n) is 10.2. The van der Waals surface area contributed by atoms with E-state index in [9.17, 15) is 36.0 Å². The topological polar surface area (TPSA) is 113 Å². The maximum atomic E-state index is 15.0. The smallest absolute Gasteiger partial charge is 0.326 e. The highest BCUT2D eigenvalue weighted by molar-refractivity contribution is 7.89. The molecule has 0 bridgehead atoms. The highest BCUT2D eigenvalue weighted by atomic mass is 32.2. The van der Waals surface area contributed by atoms with E-state index in [0.717, 1.165) is 17.0 Å². The maximum Gasteiger partial charge on any atom is 0.421 e. The van der Waals surface area contributed by atoms with Gasteiger partial charge in [0.15, 0.2) is 5.78 Å². The molecule has 1 atom stereocenters. The van der Waals surface area contributed by atoms with Gasteiger partial charge in [0.05, 0.1) is 17.0 Å². The predicted molar refractivity (Wildman–Crippen MR) is 132 cm³/mol. The van der Waals surface area contributed by atoms with Crippen molar-refractivity contribution in [3.05, 3.63) is 71.4 Å². The first-order chi connectivity index (χ1) is 17.6. The van der Waals surface area contributed by atoms with E-state index >= 15 is 0 Å². The van der Waals surface area contributed by atoms with E-state index in [1.54, 1.807) is 48.9 Å². The summed E-state index contributed by atoms with van der Waals surface area (Å²) < 4.78 is 73.1. The Morgan fingerprint density at radius 1 is 1.00 bits per heavy atom. The second kappa shape index (κ2) is 9.35. The number of halogens is 3. The van der Waals surface area contributed by atoms with Crippen molar-refractivity contribution in [2.24, 2.45) is 5.41 Å². The van der Waals surface area contributed by atoms with Gasteiger partial charge in [-0.25, -0.2) is 8.42 Å². The standard InChI is InChI=1S/C26H26F3N3O5S/c1-16(33)30-18-9-11-19(12-10-18)38(36,37)31-25(26(27,28)29)22-20(13-24(2,3)14-21(22)34)32(23(25)35)15-17-7-5-4-6-8-17/h4-12,31H,13-15H2,1-3H3,(H,30,33). The summed E-state index contributed by atoms with van der Waals surface area (Å²) in [6.45, 7) is 4.37. The third kappa shape index (κ3) is 4.85. The zero-order valence-electron chi connectivity index (χ0n) is 20.8. The van der Waals surface area contributed by atoms with E-state index in [0.29, 0.717) is 5.56 Å². The molecule has 12 heteroatoms. The van der Waals surface area contributed by atoms with Crippen LogP contribution in [0.1, 0.15) is 39.2 Å². The Labute approximate surface area is 217 Å². The Balaban J connectivity index is 1.85. The molecule has 202 valence electrons. The van der Waals surface area contributed by atoms with Gasteiger partial charge in [-0.1, -0.05) is 44.2 Å². The van der Waals surface area contributed by atoms with Crippen molar-refractivity contribution in [2.45, 2.75) is 56.8 Å². The van der Waals surface area contributed by atoms with Crippen LogP contribution in [0.4, 0.5) is 18.9 Å². The third-order valence-electron chi connectivity index (χ3n) is 6.50. The Morgan fingerprint density at radius 2 is 1.61 bits per heavy atom. The molecule has 0 radical (unpaired) electrons. The van der Waals surface area contributed by atoms with Crippen LogP contribution in [0, 0.1) is 5.41 Å². The number of sulfonamides is 1. The minimum absolute atomic E-state index is 0.0301. The summed E-state index contributed by atoms with van der Waals surface area (Å²) in [5.74, 6) is -2.95. The molecule has 2 aliphatic rings. The first-order valence-corrected chi connectivity index (χ1v) is 13.2. The van der Waals surface area contributed by atoms with Crippen LogP contribution in [-0.2, 0) is 31.0 Å². The van der Waals surface area contributed by atoms with Crippen molar-refractivity contribution < 1.29 is 36.0 Å². The molecule has 0 saturated carbocycles. The summed E-state index contributed by atoms with van der Waals surface area (Å²) in [6, 6.07) is 12.7. The maximum absolute atomic E-state index is 15.0. The summed E-state index contributed by atoms with van der Waals surface area (Å²) in [5.41, 5.74) is -4.82. The lowest BCUT2D eigenvalue weighted by Gasteiger charge is -2.35. The van der Waals surface area contributed by atoms with Crippen LogP contribution in [0.2, 0.25) is 0 Å². The molecule has 0 fully saturated rings. The van der Waals surface area contributed by atoms with Crippen molar-refractivity contribution in [3.8, 4) is 0 Å². The number of carbonyl (C=O) groups is 3. The molecule has 1 aliphatic carbocycles. The van der Waals surface area contributed by atoms with Gasteiger partial charge in [-0.2, -0.15) is 17.9 Å². The third-order valence-corrected chi connectivity index (χ3v) is 7.97. The fourth-order valence-electron chi connectivity index (χ4n) is 4.91. The molecule has 1 heterocycles. The van der Waals surface area contributed by atoms with Gasteiger partial charge in [0.1, 0.15) is 0 Å². The highest BCUT2D eigenvalue weighted by Crippen LogP contribution is 2.52. The number of alkyl halides is 3. The van der Waals surface area contributed by atoms with Gasteiger partial charge in [0.2, 0.25) is 21.5 Å². The number of Topliss-reactive ketones (excluding diaryl/α,β-unsaturated/α-hetero) is 1. The van der Waals surface area contributed by atoms with Gasteiger partial charge < -0.3 is 10.2 Å². The van der Waals surface area contributed by atoms with Crippen LogP contribution < -0.4 is 10.0 Å². The number of anilines is 1. The Bertz CT molecular complexity index is 1430. The number of nitrogens with one attached hydrogen (secondary N) is 2. The average Bonchev–Trinajstić information content (AvgIpc) is 3.02. The molecule has 8 nitrogen and oxygen atoms in total. The normalized spacial score (nSPS) is 21.5. The zero-order chi connectivity index (χ0) is 28.1. The zero-order valence-corrected chi connectivity index (χ0v) is 21.7. The van der Waals surface area contributed by atoms with Gasteiger partial charge in [-0.05, 0) is 41.7 Å². The monoisotopic (exact) mass is 549 g/mol. The van der Waals surface area contributed by atoms with E-state index in [-0.39, 0.29) is 30.8 Å². The van der Waals surface area contributed by atoms with Crippen molar-refractivity contribution in [1.82, 2.24) is 9.62 Å². The summed E-state index contributed by atoms with van der Waals surface area (Å²) >= 11 is 0. The Morgan fingerprint density at radius 3 is 2.16 bits per heavy atom. The Hall–Kier alpha value is -3.51. The summed E-state index contributed by atoms with van der Waals surface area (Å²) in [7, 11) is -4.98. The first-order valence-electron chi connectivity index (χ1n) is 11.7. The van der Waals surface area contributed by atoms with Crippen molar-refractivity contribution in [1.29, 1.82) is 0 Å². The lowest BCUT2D eigenvalue weighted by Crippen LogP contribution is -2.66. The number of hydrogen-bond donors (Lipinski definition) is 2. The molecular weight excluding hydrogens is 523 g/mol. The molecular formula is C26H26F3N3O5S. The van der Waals surface area contributed by atoms with Gasteiger partial charge in [-0.15, -0.1) is 0 Å². The first kappa shape index (κ1) is 27.5. The van der Waals surface area contributed by atoms with Crippen LogP contribution >= 0.6 is 0 Å². The summed E-state index contributed by atoms with van der Waals surface area (Å²) in [6.07, 6.45) is -5.79. The molecule has 2 aromatic carbocycles. The molecule has 0 saturated heterocycles. The van der Waals surface area contributed by atoms with Gasteiger partial charge in [0, 0.05) is 24.7 Å². The molecule has 0 spiro atoms. The van der Waals surface area contributed by atoms with Gasteiger partial charge >= 0.3 is 6.18 Å².